The monoisotopic (exact) mass is 367 g/mol. The van der Waals surface area contributed by atoms with Gasteiger partial charge in [0.2, 0.25) is 0 Å². The second-order valence-electron chi connectivity index (χ2n) is 5.00. The van der Waals surface area contributed by atoms with Crippen molar-refractivity contribution in [3.63, 3.8) is 0 Å². The average Bonchev–Trinajstić information content (AvgIpc) is 2.88. The Kier molecular flexibility index (Phi) is 6.33. The smallest absolute Gasteiger partial charge is 0.0624 e. The quantitative estimate of drug-likeness (QED) is 0.754. The van der Waals surface area contributed by atoms with E-state index < -0.39 is 0 Å². The Morgan fingerprint density at radius 3 is 2.76 bits per heavy atom. The van der Waals surface area contributed by atoms with E-state index in [-0.39, 0.29) is 6.04 Å². The van der Waals surface area contributed by atoms with Crippen molar-refractivity contribution in [1.82, 2.24) is 9.78 Å². The van der Waals surface area contributed by atoms with Gasteiger partial charge in [-0.3, -0.25) is 4.68 Å². The number of nitrogens with zero attached hydrogens (tertiary/aromatic N) is 2. The van der Waals surface area contributed by atoms with Crippen molar-refractivity contribution in [2.75, 3.05) is 5.75 Å². The molecular weight excluding hydrogens is 346 g/mol. The summed E-state index contributed by atoms with van der Waals surface area (Å²) in [5.41, 5.74) is 8.70. The van der Waals surface area contributed by atoms with E-state index in [2.05, 4.69) is 63.8 Å². The largest absolute Gasteiger partial charge is 0.327 e. The molecule has 0 spiro atoms. The Morgan fingerprint density at radius 1 is 1.33 bits per heavy atom. The van der Waals surface area contributed by atoms with Crippen LogP contribution in [0.1, 0.15) is 25.2 Å². The molecule has 0 aliphatic heterocycles. The van der Waals surface area contributed by atoms with Crippen LogP contribution in [0.3, 0.4) is 0 Å². The molecule has 0 aliphatic rings. The van der Waals surface area contributed by atoms with Crippen LogP contribution in [-0.4, -0.2) is 21.6 Å². The predicted octanol–water partition coefficient (Wildman–Crippen LogP) is 3.89. The lowest BCUT2D eigenvalue weighted by Crippen LogP contribution is -2.27. The van der Waals surface area contributed by atoms with Crippen LogP contribution >= 0.6 is 27.7 Å². The molecule has 0 amide bonds. The lowest BCUT2D eigenvalue weighted by molar-refractivity contribution is 0.592. The van der Waals surface area contributed by atoms with Crippen molar-refractivity contribution in [3.05, 3.63) is 46.2 Å². The zero-order valence-corrected chi connectivity index (χ0v) is 15.0. The number of aryl methyl sites for hydroxylation is 2. The van der Waals surface area contributed by atoms with Crippen LogP contribution < -0.4 is 5.73 Å². The first-order valence-corrected chi connectivity index (χ1v) is 9.10. The van der Waals surface area contributed by atoms with Gasteiger partial charge < -0.3 is 5.73 Å². The first-order valence-electron chi connectivity index (χ1n) is 7.32. The molecule has 1 aromatic heterocycles. The summed E-state index contributed by atoms with van der Waals surface area (Å²) in [6, 6.07) is 10.6. The molecule has 0 bridgehead atoms. The number of hydrogen-bond acceptors (Lipinski definition) is 3. The highest BCUT2D eigenvalue weighted by atomic mass is 79.9. The number of halogens is 1. The van der Waals surface area contributed by atoms with Crippen molar-refractivity contribution in [1.29, 1.82) is 0 Å². The molecule has 1 atom stereocenters. The third-order valence-electron chi connectivity index (χ3n) is 3.34. The van der Waals surface area contributed by atoms with Crippen LogP contribution in [0, 0.1) is 0 Å². The Balaban J connectivity index is 1.94. The molecule has 0 aliphatic carbocycles. The van der Waals surface area contributed by atoms with Gasteiger partial charge in [0.1, 0.15) is 0 Å². The third kappa shape index (κ3) is 4.59. The van der Waals surface area contributed by atoms with E-state index in [1.165, 1.54) is 10.6 Å². The summed E-state index contributed by atoms with van der Waals surface area (Å²) < 4.78 is 3.20. The lowest BCUT2D eigenvalue weighted by atomic mass is 10.2. The molecule has 1 aromatic carbocycles. The summed E-state index contributed by atoms with van der Waals surface area (Å²) in [7, 11) is 0. The zero-order valence-electron chi connectivity index (χ0n) is 12.6. The summed E-state index contributed by atoms with van der Waals surface area (Å²) in [6.45, 7) is 5.16. The Labute approximate surface area is 139 Å². The molecule has 0 radical (unpaired) electrons. The predicted molar refractivity (Wildman–Crippen MR) is 93.8 cm³/mol. The van der Waals surface area contributed by atoms with Crippen molar-refractivity contribution in [2.45, 2.75) is 44.2 Å². The minimum atomic E-state index is 0.133. The van der Waals surface area contributed by atoms with Crippen molar-refractivity contribution < 1.29 is 0 Å². The maximum atomic E-state index is 6.30. The molecule has 3 nitrogen and oxygen atoms in total. The minimum absolute atomic E-state index is 0.133. The molecule has 0 saturated heterocycles. The molecule has 2 rings (SSSR count). The lowest BCUT2D eigenvalue weighted by Gasteiger charge is -2.12. The molecule has 5 heteroatoms. The Bertz CT molecular complexity index is 583. The van der Waals surface area contributed by atoms with E-state index in [1.54, 1.807) is 11.8 Å². The van der Waals surface area contributed by atoms with E-state index in [4.69, 9.17) is 5.73 Å². The van der Waals surface area contributed by atoms with Crippen LogP contribution in [0.5, 0.6) is 0 Å². The van der Waals surface area contributed by atoms with E-state index >= 15 is 0 Å². The highest BCUT2D eigenvalue weighted by molar-refractivity contribution is 9.10. The number of thioether (sulfide) groups is 1. The van der Waals surface area contributed by atoms with Gasteiger partial charge in [-0.25, -0.2) is 0 Å². The molecular formula is C16H22BrN3S. The minimum Gasteiger partial charge on any atom is -0.327 e. The van der Waals surface area contributed by atoms with Crippen LogP contribution in [0.2, 0.25) is 0 Å². The summed E-state index contributed by atoms with van der Waals surface area (Å²) in [5, 5.41) is 4.58. The molecule has 114 valence electrons. The Morgan fingerprint density at radius 2 is 2.10 bits per heavy atom. The summed E-state index contributed by atoms with van der Waals surface area (Å²) in [6.07, 6.45) is 1.85. The average molecular weight is 368 g/mol. The Hall–Kier alpha value is -0.780. The fourth-order valence-electron chi connectivity index (χ4n) is 2.21. The number of aromatic nitrogens is 2. The highest BCUT2D eigenvalue weighted by Crippen LogP contribution is 2.27. The summed E-state index contributed by atoms with van der Waals surface area (Å²) in [5.74, 6) is 0.902. The molecule has 0 fully saturated rings. The van der Waals surface area contributed by atoms with Gasteiger partial charge in [0, 0.05) is 39.8 Å². The SMILES string of the molecule is CCc1cc(CC(N)CSc2ccccc2Br)n(CC)n1. The van der Waals surface area contributed by atoms with Gasteiger partial charge in [-0.1, -0.05) is 19.1 Å². The third-order valence-corrected chi connectivity index (χ3v) is 5.55. The first kappa shape index (κ1) is 16.6. The van der Waals surface area contributed by atoms with Crippen LogP contribution in [0.25, 0.3) is 0 Å². The highest BCUT2D eigenvalue weighted by Gasteiger charge is 2.11. The normalized spacial score (nSPS) is 12.6. The van der Waals surface area contributed by atoms with E-state index in [1.807, 2.05) is 6.07 Å². The van der Waals surface area contributed by atoms with Crippen LogP contribution in [0.4, 0.5) is 0 Å². The molecule has 21 heavy (non-hydrogen) atoms. The number of nitrogens with two attached hydrogens (primary N) is 1. The second-order valence-corrected chi connectivity index (χ2v) is 6.92. The van der Waals surface area contributed by atoms with E-state index in [9.17, 15) is 0 Å². The van der Waals surface area contributed by atoms with E-state index in [0.29, 0.717) is 0 Å². The van der Waals surface area contributed by atoms with Crippen molar-refractivity contribution in [2.24, 2.45) is 5.73 Å². The van der Waals surface area contributed by atoms with Gasteiger partial charge in [0.15, 0.2) is 0 Å². The molecule has 2 N–H and O–H groups in total. The number of rotatable bonds is 7. The molecule has 0 saturated carbocycles. The van der Waals surface area contributed by atoms with Gasteiger partial charge >= 0.3 is 0 Å². The fraction of sp³-hybridized carbons (Fsp3) is 0.438. The van der Waals surface area contributed by atoms with Crippen LogP contribution in [-0.2, 0) is 19.4 Å². The molecule has 2 aromatic rings. The van der Waals surface area contributed by atoms with Gasteiger partial charge in [-0.15, -0.1) is 11.8 Å². The zero-order chi connectivity index (χ0) is 15.2. The van der Waals surface area contributed by atoms with Gasteiger partial charge in [-0.2, -0.15) is 5.10 Å². The number of benzene rings is 1. The molecule has 1 unspecified atom stereocenters. The standard InChI is InChI=1S/C16H22BrN3S/c1-3-13-10-14(20(4-2)19-13)9-12(18)11-21-16-8-6-5-7-15(16)17/h5-8,10,12H,3-4,9,11,18H2,1-2H3. The van der Waals surface area contributed by atoms with Gasteiger partial charge in [-0.05, 0) is 47.5 Å². The van der Waals surface area contributed by atoms with Gasteiger partial charge in [0.25, 0.3) is 0 Å². The maximum absolute atomic E-state index is 6.30. The maximum Gasteiger partial charge on any atom is 0.0624 e. The van der Waals surface area contributed by atoms with Crippen LogP contribution in [0.15, 0.2) is 39.7 Å². The van der Waals surface area contributed by atoms with Gasteiger partial charge in [0.05, 0.1) is 5.69 Å². The first-order chi connectivity index (χ1) is 10.1. The molecule has 1 heterocycles. The number of hydrogen-bond donors (Lipinski definition) is 1. The van der Waals surface area contributed by atoms with Crippen molar-refractivity contribution >= 4 is 27.7 Å². The van der Waals surface area contributed by atoms with E-state index in [0.717, 1.165) is 35.3 Å². The summed E-state index contributed by atoms with van der Waals surface area (Å²) in [4.78, 5) is 1.24. The second kappa shape index (κ2) is 8.01. The van der Waals surface area contributed by atoms with Crippen molar-refractivity contribution in [3.8, 4) is 0 Å². The summed E-state index contributed by atoms with van der Waals surface area (Å²) >= 11 is 5.37. The topological polar surface area (TPSA) is 43.8 Å². The fourth-order valence-corrected chi connectivity index (χ4v) is 3.73.